The first-order chi connectivity index (χ1) is 11.8. The number of imidazole rings is 1. The Morgan fingerprint density at radius 3 is 2.71 bits per heavy atom. The molecule has 1 aromatic heterocycles. The fourth-order valence-corrected chi connectivity index (χ4v) is 3.13. The van der Waals surface area contributed by atoms with Crippen molar-refractivity contribution in [2.45, 2.75) is 32.0 Å². The zero-order chi connectivity index (χ0) is 16.8. The molecule has 24 heavy (non-hydrogen) atoms. The Balaban J connectivity index is 1.46. The van der Waals surface area contributed by atoms with Gasteiger partial charge in [-0.05, 0) is 37.1 Å². The standard InChI is InChI=1S/C18H25FN4O/c1-24-11-10-23-14-20-12-18(23)13-21-16-6-8-22(9-7-16)17-4-2-15(19)3-5-17/h2-5,12,14,16,21H,6-11,13H2,1H3. The lowest BCUT2D eigenvalue weighted by Crippen LogP contribution is -2.42. The topological polar surface area (TPSA) is 42.3 Å². The van der Waals surface area contributed by atoms with Crippen molar-refractivity contribution in [2.24, 2.45) is 0 Å². The van der Waals surface area contributed by atoms with Crippen LogP contribution in [0.15, 0.2) is 36.8 Å². The van der Waals surface area contributed by atoms with Crippen LogP contribution in [0.25, 0.3) is 0 Å². The number of rotatable bonds is 7. The van der Waals surface area contributed by atoms with E-state index in [9.17, 15) is 4.39 Å². The van der Waals surface area contributed by atoms with Crippen molar-refractivity contribution in [3.05, 3.63) is 48.3 Å². The van der Waals surface area contributed by atoms with Crippen molar-refractivity contribution < 1.29 is 9.13 Å². The minimum absolute atomic E-state index is 0.180. The van der Waals surface area contributed by atoms with E-state index in [1.165, 1.54) is 17.8 Å². The molecule has 1 saturated heterocycles. The van der Waals surface area contributed by atoms with Gasteiger partial charge >= 0.3 is 0 Å². The molecule has 5 nitrogen and oxygen atoms in total. The van der Waals surface area contributed by atoms with Gasteiger partial charge in [-0.2, -0.15) is 0 Å². The number of ether oxygens (including phenoxy) is 1. The van der Waals surface area contributed by atoms with E-state index in [1.807, 2.05) is 24.7 Å². The van der Waals surface area contributed by atoms with Crippen LogP contribution < -0.4 is 10.2 Å². The maximum absolute atomic E-state index is 13.0. The van der Waals surface area contributed by atoms with Crippen LogP contribution in [-0.4, -0.2) is 42.4 Å². The van der Waals surface area contributed by atoms with Crippen molar-refractivity contribution in [1.82, 2.24) is 14.9 Å². The van der Waals surface area contributed by atoms with Crippen LogP contribution in [0.1, 0.15) is 18.5 Å². The van der Waals surface area contributed by atoms with Crippen LogP contribution >= 0.6 is 0 Å². The summed E-state index contributed by atoms with van der Waals surface area (Å²) in [5.74, 6) is -0.180. The molecule has 1 aromatic carbocycles. The highest BCUT2D eigenvalue weighted by molar-refractivity contribution is 5.46. The number of nitrogens with zero attached hydrogens (tertiary/aromatic N) is 3. The van der Waals surface area contributed by atoms with Gasteiger partial charge in [0.1, 0.15) is 5.82 Å². The van der Waals surface area contributed by atoms with E-state index in [0.29, 0.717) is 12.6 Å². The largest absolute Gasteiger partial charge is 0.383 e. The van der Waals surface area contributed by atoms with Gasteiger partial charge in [0.05, 0.1) is 18.6 Å². The van der Waals surface area contributed by atoms with Crippen LogP contribution in [-0.2, 0) is 17.8 Å². The molecule has 3 rings (SSSR count). The summed E-state index contributed by atoms with van der Waals surface area (Å²) in [6, 6.07) is 7.28. The second kappa shape index (κ2) is 8.26. The van der Waals surface area contributed by atoms with E-state index >= 15 is 0 Å². The van der Waals surface area contributed by atoms with Gasteiger partial charge in [-0.3, -0.25) is 0 Å². The molecule has 2 aromatic rings. The Hall–Kier alpha value is -1.92. The van der Waals surface area contributed by atoms with Crippen molar-refractivity contribution in [2.75, 3.05) is 31.7 Å². The predicted octanol–water partition coefficient (Wildman–Crippen LogP) is 2.43. The molecule has 0 atom stereocenters. The normalized spacial score (nSPS) is 15.8. The summed E-state index contributed by atoms with van der Waals surface area (Å²) in [6.07, 6.45) is 5.94. The molecule has 1 aliphatic heterocycles. The van der Waals surface area contributed by atoms with E-state index in [0.717, 1.165) is 44.7 Å². The van der Waals surface area contributed by atoms with Crippen LogP contribution in [0.4, 0.5) is 10.1 Å². The molecule has 0 bridgehead atoms. The molecule has 0 saturated carbocycles. The zero-order valence-corrected chi connectivity index (χ0v) is 14.1. The molecule has 130 valence electrons. The van der Waals surface area contributed by atoms with Crippen LogP contribution in [0.5, 0.6) is 0 Å². The monoisotopic (exact) mass is 332 g/mol. The second-order valence-corrected chi connectivity index (χ2v) is 6.19. The van der Waals surface area contributed by atoms with Crippen molar-refractivity contribution in [1.29, 1.82) is 0 Å². The maximum atomic E-state index is 13.0. The highest BCUT2D eigenvalue weighted by Crippen LogP contribution is 2.20. The first kappa shape index (κ1) is 16.9. The number of halogens is 1. The summed E-state index contributed by atoms with van der Waals surface area (Å²) in [5.41, 5.74) is 2.29. The lowest BCUT2D eigenvalue weighted by Gasteiger charge is -2.34. The average Bonchev–Trinajstić information content (AvgIpc) is 3.07. The van der Waals surface area contributed by atoms with E-state index in [2.05, 4.69) is 19.8 Å². The van der Waals surface area contributed by atoms with Crippen LogP contribution in [0.3, 0.4) is 0 Å². The molecular weight excluding hydrogens is 307 g/mol. The molecule has 1 N–H and O–H groups in total. The highest BCUT2D eigenvalue weighted by atomic mass is 19.1. The van der Waals surface area contributed by atoms with Gasteiger partial charge in [-0.1, -0.05) is 0 Å². The van der Waals surface area contributed by atoms with Gasteiger partial charge in [0, 0.05) is 51.2 Å². The molecule has 0 amide bonds. The maximum Gasteiger partial charge on any atom is 0.123 e. The number of benzene rings is 1. The molecule has 6 heteroatoms. The van der Waals surface area contributed by atoms with E-state index in [4.69, 9.17) is 4.74 Å². The third kappa shape index (κ3) is 4.33. The fourth-order valence-electron chi connectivity index (χ4n) is 3.13. The van der Waals surface area contributed by atoms with Crippen molar-refractivity contribution in [3.63, 3.8) is 0 Å². The summed E-state index contributed by atoms with van der Waals surface area (Å²) in [6.45, 7) is 4.33. The first-order valence-corrected chi connectivity index (χ1v) is 8.48. The second-order valence-electron chi connectivity index (χ2n) is 6.19. The molecule has 0 spiro atoms. The molecule has 0 unspecified atom stereocenters. The molecule has 1 fully saturated rings. The highest BCUT2D eigenvalue weighted by Gasteiger charge is 2.19. The number of hydrogen-bond acceptors (Lipinski definition) is 4. The lowest BCUT2D eigenvalue weighted by molar-refractivity contribution is 0.186. The average molecular weight is 332 g/mol. The Kier molecular flexibility index (Phi) is 5.82. The number of hydrogen-bond donors (Lipinski definition) is 1. The minimum atomic E-state index is -0.180. The van der Waals surface area contributed by atoms with Gasteiger partial charge in [0.2, 0.25) is 0 Å². The van der Waals surface area contributed by atoms with Gasteiger partial charge < -0.3 is 19.5 Å². The smallest absolute Gasteiger partial charge is 0.123 e. The zero-order valence-electron chi connectivity index (χ0n) is 14.1. The fraction of sp³-hybridized carbons (Fsp3) is 0.500. The van der Waals surface area contributed by atoms with E-state index < -0.39 is 0 Å². The van der Waals surface area contributed by atoms with Gasteiger partial charge in [0.15, 0.2) is 0 Å². The summed E-state index contributed by atoms with van der Waals surface area (Å²) in [4.78, 5) is 6.55. The lowest BCUT2D eigenvalue weighted by atomic mass is 10.0. The number of piperidine rings is 1. The Morgan fingerprint density at radius 1 is 1.25 bits per heavy atom. The van der Waals surface area contributed by atoms with Crippen molar-refractivity contribution >= 4 is 5.69 Å². The first-order valence-electron chi connectivity index (χ1n) is 8.48. The quantitative estimate of drug-likeness (QED) is 0.846. The molecule has 2 heterocycles. The molecular formula is C18H25FN4O. The van der Waals surface area contributed by atoms with Gasteiger partial charge in [-0.25, -0.2) is 9.37 Å². The number of methoxy groups -OCH3 is 1. The number of aromatic nitrogens is 2. The Bertz CT molecular complexity index is 620. The number of anilines is 1. The van der Waals surface area contributed by atoms with E-state index in [-0.39, 0.29) is 5.82 Å². The van der Waals surface area contributed by atoms with Crippen molar-refractivity contribution in [3.8, 4) is 0 Å². The summed E-state index contributed by atoms with van der Waals surface area (Å²) < 4.78 is 20.3. The summed E-state index contributed by atoms with van der Waals surface area (Å²) in [7, 11) is 1.71. The third-order valence-electron chi connectivity index (χ3n) is 4.59. The summed E-state index contributed by atoms with van der Waals surface area (Å²) >= 11 is 0. The summed E-state index contributed by atoms with van der Waals surface area (Å²) in [5, 5.41) is 3.63. The predicted molar refractivity (Wildman–Crippen MR) is 92.6 cm³/mol. The Labute approximate surface area is 142 Å². The third-order valence-corrected chi connectivity index (χ3v) is 4.59. The van der Waals surface area contributed by atoms with Gasteiger partial charge in [0.25, 0.3) is 0 Å². The minimum Gasteiger partial charge on any atom is -0.383 e. The molecule has 0 radical (unpaired) electrons. The molecule has 0 aliphatic carbocycles. The number of nitrogens with one attached hydrogen (secondary N) is 1. The SMILES string of the molecule is COCCn1cncc1CNC1CCN(c2ccc(F)cc2)CC1. The van der Waals surface area contributed by atoms with Crippen LogP contribution in [0, 0.1) is 5.82 Å². The molecule has 1 aliphatic rings. The van der Waals surface area contributed by atoms with Gasteiger partial charge in [-0.15, -0.1) is 0 Å². The Morgan fingerprint density at radius 2 is 2.00 bits per heavy atom. The van der Waals surface area contributed by atoms with E-state index in [1.54, 1.807) is 7.11 Å². The van der Waals surface area contributed by atoms with Crippen LogP contribution in [0.2, 0.25) is 0 Å².